The Bertz CT molecular complexity index is 387. The second kappa shape index (κ2) is 3.65. The largest absolute Gasteiger partial charge is 0.344 e. The average Bonchev–Trinajstić information content (AvgIpc) is 2.04. The molecule has 0 amide bonds. The van der Waals surface area contributed by atoms with Crippen LogP contribution in [0.15, 0.2) is 41.1 Å². The van der Waals surface area contributed by atoms with E-state index >= 15 is 0 Å². The molecular weight excluding hydrogens is 216 g/mol. The van der Waals surface area contributed by atoms with Crippen LogP contribution in [0.4, 0.5) is 0 Å². The number of hydrogen-bond acceptors (Lipinski definition) is 2. The van der Waals surface area contributed by atoms with Crippen molar-refractivity contribution in [1.29, 1.82) is 0 Å². The summed E-state index contributed by atoms with van der Waals surface area (Å²) in [5.74, 6) is 0. The summed E-state index contributed by atoms with van der Waals surface area (Å²) in [7, 11) is 0. The highest BCUT2D eigenvalue weighted by Gasteiger charge is 1.91. The lowest BCUT2D eigenvalue weighted by Crippen LogP contribution is -1.73. The summed E-state index contributed by atoms with van der Waals surface area (Å²) in [5, 5.41) is 2.39. The Kier molecular flexibility index (Phi) is 2.78. The summed E-state index contributed by atoms with van der Waals surface area (Å²) in [6.07, 6.45) is 3.66. The monoisotopic (exact) mass is 224 g/mol. The second-order valence-corrected chi connectivity index (χ2v) is 3.28. The fourth-order valence-electron chi connectivity index (χ4n) is 1.06. The summed E-state index contributed by atoms with van der Waals surface area (Å²) < 4.78 is 1.10. The van der Waals surface area contributed by atoms with E-state index in [0.29, 0.717) is 0 Å². The van der Waals surface area contributed by atoms with E-state index in [1.54, 1.807) is 6.20 Å². The number of pyridine rings is 1. The Balaban J connectivity index is 0.000000720. The van der Waals surface area contributed by atoms with Gasteiger partial charge in [-0.3, -0.25) is 4.98 Å². The summed E-state index contributed by atoms with van der Waals surface area (Å²) in [6.45, 7) is 0. The van der Waals surface area contributed by atoms with Crippen molar-refractivity contribution in [3.8, 4) is 0 Å². The Morgan fingerprint density at radius 2 is 1.92 bits per heavy atom. The number of hydrogen-bond donors (Lipinski definition) is 1. The molecule has 0 unspecified atom stereocenters. The zero-order valence-corrected chi connectivity index (χ0v) is 8.08. The predicted molar refractivity (Wildman–Crippen MR) is 54.5 cm³/mol. The van der Waals surface area contributed by atoms with Crippen molar-refractivity contribution < 1.29 is 0 Å². The van der Waals surface area contributed by atoms with Gasteiger partial charge in [-0.2, -0.15) is 0 Å². The molecule has 3 N–H and O–H groups in total. The van der Waals surface area contributed by atoms with Crippen molar-refractivity contribution >= 4 is 26.7 Å². The summed E-state index contributed by atoms with van der Waals surface area (Å²) in [5.41, 5.74) is 0. The highest BCUT2D eigenvalue weighted by molar-refractivity contribution is 9.10. The summed E-state index contributed by atoms with van der Waals surface area (Å²) in [6, 6.07) is 8.16. The molecule has 2 aromatic rings. The minimum Gasteiger partial charge on any atom is -0.344 e. The fraction of sp³-hybridized carbons (Fsp3) is 0. The minimum atomic E-state index is 0. The molecule has 1 aromatic carbocycles. The first-order valence-electron chi connectivity index (χ1n) is 3.35. The third-order valence-electron chi connectivity index (χ3n) is 1.60. The second-order valence-electron chi connectivity index (χ2n) is 2.37. The van der Waals surface area contributed by atoms with Crippen LogP contribution in [0, 0.1) is 0 Å². The van der Waals surface area contributed by atoms with E-state index in [1.165, 1.54) is 10.8 Å². The van der Waals surface area contributed by atoms with E-state index in [4.69, 9.17) is 0 Å². The molecule has 3 heteroatoms. The average molecular weight is 225 g/mol. The first kappa shape index (κ1) is 9.16. The van der Waals surface area contributed by atoms with Gasteiger partial charge in [-0.15, -0.1) is 0 Å². The number of rotatable bonds is 0. The fourth-order valence-corrected chi connectivity index (χ4v) is 1.43. The molecule has 1 heterocycles. The third kappa shape index (κ3) is 1.62. The lowest BCUT2D eigenvalue weighted by molar-refractivity contribution is 1.36. The normalized spacial score (nSPS) is 9.42. The standard InChI is InChI=1S/C9H6BrN.H3N/c10-9-2-1-7-3-4-11-6-8(7)5-9;/h1-6H;1H3. The molecule has 0 spiro atoms. The van der Waals surface area contributed by atoms with Crippen LogP contribution in [0.1, 0.15) is 0 Å². The number of halogens is 1. The van der Waals surface area contributed by atoms with Gasteiger partial charge < -0.3 is 6.15 Å². The quantitative estimate of drug-likeness (QED) is 0.748. The maximum Gasteiger partial charge on any atom is 0.0346 e. The van der Waals surface area contributed by atoms with Gasteiger partial charge in [-0.1, -0.05) is 22.0 Å². The number of nitrogens with zero attached hydrogens (tertiary/aromatic N) is 1. The predicted octanol–water partition coefficient (Wildman–Crippen LogP) is 3.16. The van der Waals surface area contributed by atoms with Gasteiger partial charge in [0, 0.05) is 22.3 Å². The number of benzene rings is 1. The molecular formula is C9H9BrN2. The molecule has 2 nitrogen and oxygen atoms in total. The molecule has 0 aliphatic heterocycles. The zero-order valence-electron chi connectivity index (χ0n) is 6.50. The molecule has 0 aliphatic carbocycles. The summed E-state index contributed by atoms with van der Waals surface area (Å²) >= 11 is 3.40. The van der Waals surface area contributed by atoms with Crippen molar-refractivity contribution in [2.75, 3.05) is 0 Å². The van der Waals surface area contributed by atoms with Crippen LogP contribution in [-0.2, 0) is 0 Å². The third-order valence-corrected chi connectivity index (χ3v) is 2.10. The molecule has 0 radical (unpaired) electrons. The van der Waals surface area contributed by atoms with E-state index in [1.807, 2.05) is 18.3 Å². The van der Waals surface area contributed by atoms with Crippen LogP contribution in [0.3, 0.4) is 0 Å². The number of aromatic nitrogens is 1. The topological polar surface area (TPSA) is 47.9 Å². The van der Waals surface area contributed by atoms with Gasteiger partial charge in [0.05, 0.1) is 0 Å². The molecule has 1 aromatic heterocycles. The lowest BCUT2D eigenvalue weighted by Gasteiger charge is -1.95. The van der Waals surface area contributed by atoms with Gasteiger partial charge in [0.2, 0.25) is 0 Å². The van der Waals surface area contributed by atoms with Gasteiger partial charge in [-0.05, 0) is 23.6 Å². The molecule has 0 bridgehead atoms. The Morgan fingerprint density at radius 3 is 2.75 bits per heavy atom. The summed E-state index contributed by atoms with van der Waals surface area (Å²) in [4.78, 5) is 4.03. The van der Waals surface area contributed by atoms with E-state index < -0.39 is 0 Å². The van der Waals surface area contributed by atoms with Crippen LogP contribution < -0.4 is 6.15 Å². The van der Waals surface area contributed by atoms with E-state index in [-0.39, 0.29) is 6.15 Å². The van der Waals surface area contributed by atoms with E-state index in [0.717, 1.165) is 4.47 Å². The first-order chi connectivity index (χ1) is 5.36. The Hall–Kier alpha value is -0.930. The maximum atomic E-state index is 4.03. The maximum absolute atomic E-state index is 4.03. The van der Waals surface area contributed by atoms with Crippen LogP contribution in [0.5, 0.6) is 0 Å². The SMILES string of the molecule is Brc1ccc2ccncc2c1.N. The lowest BCUT2D eigenvalue weighted by atomic mass is 10.2. The highest BCUT2D eigenvalue weighted by atomic mass is 79.9. The van der Waals surface area contributed by atoms with Gasteiger partial charge in [0.25, 0.3) is 0 Å². The van der Waals surface area contributed by atoms with Crippen molar-refractivity contribution in [3.63, 3.8) is 0 Å². The molecule has 0 saturated heterocycles. The van der Waals surface area contributed by atoms with Gasteiger partial charge in [0.1, 0.15) is 0 Å². The van der Waals surface area contributed by atoms with E-state index in [2.05, 4.69) is 33.0 Å². The van der Waals surface area contributed by atoms with E-state index in [9.17, 15) is 0 Å². The zero-order chi connectivity index (χ0) is 7.68. The Morgan fingerprint density at radius 1 is 1.08 bits per heavy atom. The Labute approximate surface area is 79.3 Å². The van der Waals surface area contributed by atoms with Gasteiger partial charge >= 0.3 is 0 Å². The van der Waals surface area contributed by atoms with Crippen molar-refractivity contribution in [3.05, 3.63) is 41.1 Å². The van der Waals surface area contributed by atoms with Gasteiger partial charge in [-0.25, -0.2) is 0 Å². The smallest absolute Gasteiger partial charge is 0.0346 e. The minimum absolute atomic E-state index is 0. The molecule has 2 rings (SSSR count). The highest BCUT2D eigenvalue weighted by Crippen LogP contribution is 2.17. The van der Waals surface area contributed by atoms with Crippen molar-refractivity contribution in [1.82, 2.24) is 11.1 Å². The number of fused-ring (bicyclic) bond motifs is 1. The molecule has 0 saturated carbocycles. The first-order valence-corrected chi connectivity index (χ1v) is 4.15. The molecule has 12 heavy (non-hydrogen) atoms. The van der Waals surface area contributed by atoms with Crippen LogP contribution in [-0.4, -0.2) is 4.98 Å². The van der Waals surface area contributed by atoms with Crippen molar-refractivity contribution in [2.45, 2.75) is 0 Å². The van der Waals surface area contributed by atoms with Crippen LogP contribution in [0.2, 0.25) is 0 Å². The van der Waals surface area contributed by atoms with Crippen LogP contribution >= 0.6 is 15.9 Å². The molecule has 62 valence electrons. The molecule has 0 atom stereocenters. The van der Waals surface area contributed by atoms with Crippen molar-refractivity contribution in [2.24, 2.45) is 0 Å². The van der Waals surface area contributed by atoms with Gasteiger partial charge in [0.15, 0.2) is 0 Å². The molecule has 0 aliphatic rings. The molecule has 0 fully saturated rings. The van der Waals surface area contributed by atoms with Crippen LogP contribution in [0.25, 0.3) is 10.8 Å².